The van der Waals surface area contributed by atoms with Gasteiger partial charge in [-0.05, 0) is 54.4 Å². The van der Waals surface area contributed by atoms with Gasteiger partial charge in [0.2, 0.25) is 5.91 Å². The van der Waals surface area contributed by atoms with Gasteiger partial charge in [0.25, 0.3) is 11.8 Å². The number of hydrogen-bond acceptors (Lipinski definition) is 8. The lowest BCUT2D eigenvalue weighted by molar-refractivity contribution is -0.143. The second-order valence-corrected chi connectivity index (χ2v) is 8.04. The van der Waals surface area contributed by atoms with Crippen LogP contribution >= 0.6 is 11.5 Å². The van der Waals surface area contributed by atoms with Gasteiger partial charge in [0.05, 0.1) is 12.3 Å². The molecule has 0 spiro atoms. The number of rotatable bonds is 9. The molecular weight excluding hydrogens is 496 g/mol. The van der Waals surface area contributed by atoms with Crippen LogP contribution < -0.4 is 21.7 Å². The largest absolute Gasteiger partial charge is 0.465 e. The first-order valence-corrected chi connectivity index (χ1v) is 11.2. The fourth-order valence-corrected chi connectivity index (χ4v) is 4.02. The first-order valence-electron chi connectivity index (χ1n) is 10.5. The number of ether oxygens (including phenoxy) is 1. The number of carbonyl (C=O) groups is 4. The van der Waals surface area contributed by atoms with Crippen LogP contribution in [0, 0.1) is 11.6 Å². The second-order valence-electron chi connectivity index (χ2n) is 7.27. The van der Waals surface area contributed by atoms with Gasteiger partial charge in [0.15, 0.2) is 5.69 Å². The van der Waals surface area contributed by atoms with E-state index in [1.165, 1.54) is 24.3 Å². The van der Waals surface area contributed by atoms with E-state index in [2.05, 4.69) is 9.69 Å². The SMILES string of the molecule is CCOC(=O)CNC(=O)[C@@H](c1ccc(F)cc1)N(C(=O)c1snc(C(N)=O)c1N)c1cccc(F)c1. The molecule has 0 fully saturated rings. The molecule has 1 heterocycles. The van der Waals surface area contributed by atoms with Gasteiger partial charge in [-0.1, -0.05) is 18.2 Å². The van der Waals surface area contributed by atoms with Gasteiger partial charge in [-0.25, -0.2) is 8.78 Å². The molecule has 5 N–H and O–H groups in total. The fraction of sp³-hybridized carbons (Fsp3) is 0.174. The Morgan fingerprint density at radius 3 is 2.39 bits per heavy atom. The highest BCUT2D eigenvalue weighted by Gasteiger charge is 2.36. The number of benzene rings is 2. The van der Waals surface area contributed by atoms with Crippen molar-refractivity contribution in [3.8, 4) is 0 Å². The average molecular weight is 518 g/mol. The van der Waals surface area contributed by atoms with Crippen molar-refractivity contribution in [1.82, 2.24) is 9.69 Å². The minimum absolute atomic E-state index is 0.0611. The van der Waals surface area contributed by atoms with Crippen LogP contribution in [0.2, 0.25) is 0 Å². The van der Waals surface area contributed by atoms with Crippen LogP contribution in [0.3, 0.4) is 0 Å². The van der Waals surface area contributed by atoms with Crippen LogP contribution in [0.1, 0.15) is 38.7 Å². The maximum atomic E-state index is 14.2. The summed E-state index contributed by atoms with van der Waals surface area (Å²) in [5.41, 5.74) is 10.6. The molecule has 1 aromatic heterocycles. The van der Waals surface area contributed by atoms with Crippen molar-refractivity contribution in [3.63, 3.8) is 0 Å². The first-order chi connectivity index (χ1) is 17.1. The smallest absolute Gasteiger partial charge is 0.325 e. The predicted octanol–water partition coefficient (Wildman–Crippen LogP) is 2.17. The average Bonchev–Trinajstić information content (AvgIpc) is 3.23. The number of anilines is 2. The Kier molecular flexibility index (Phi) is 8.27. The number of nitrogens with one attached hydrogen (secondary N) is 1. The molecule has 1 atom stereocenters. The molecular formula is C23H21F2N5O5S. The minimum Gasteiger partial charge on any atom is -0.465 e. The number of nitrogens with two attached hydrogens (primary N) is 2. The highest BCUT2D eigenvalue weighted by Crippen LogP contribution is 2.33. The number of carbonyl (C=O) groups excluding carboxylic acids is 4. The van der Waals surface area contributed by atoms with Crippen molar-refractivity contribution in [2.75, 3.05) is 23.8 Å². The standard InChI is InChI=1S/C23H21F2N5O5S/c1-2-35-16(31)11-28-22(33)19(12-6-8-13(24)9-7-12)30(15-5-3-4-14(25)10-15)23(34)20-17(26)18(21(27)32)29-36-20/h3-10,19H,2,11,26H2,1H3,(H2,27,32)(H,28,33)/t19-/m1/s1. The number of primary amides is 1. The molecule has 0 aliphatic heterocycles. The Morgan fingerprint density at radius 1 is 1.11 bits per heavy atom. The normalized spacial score (nSPS) is 11.4. The third kappa shape index (κ3) is 5.81. The molecule has 3 amide bonds. The van der Waals surface area contributed by atoms with Crippen LogP contribution in [0.4, 0.5) is 20.2 Å². The number of nitrogens with zero attached hydrogens (tertiary/aromatic N) is 2. The van der Waals surface area contributed by atoms with Gasteiger partial charge in [-0.15, -0.1) is 0 Å². The lowest BCUT2D eigenvalue weighted by Gasteiger charge is -2.31. The molecule has 188 valence electrons. The Balaban J connectivity index is 2.15. The van der Waals surface area contributed by atoms with Crippen molar-refractivity contribution in [2.24, 2.45) is 5.73 Å². The summed E-state index contributed by atoms with van der Waals surface area (Å²) in [6, 6.07) is 7.95. The van der Waals surface area contributed by atoms with Crippen LogP contribution in [0.25, 0.3) is 0 Å². The molecule has 0 aliphatic carbocycles. The monoisotopic (exact) mass is 517 g/mol. The molecule has 0 radical (unpaired) electrons. The highest BCUT2D eigenvalue weighted by molar-refractivity contribution is 7.09. The van der Waals surface area contributed by atoms with Crippen LogP contribution in [0.5, 0.6) is 0 Å². The maximum Gasteiger partial charge on any atom is 0.325 e. The van der Waals surface area contributed by atoms with E-state index in [0.29, 0.717) is 11.5 Å². The number of nitrogen functional groups attached to an aromatic ring is 1. The Bertz CT molecular complexity index is 1300. The third-order valence-electron chi connectivity index (χ3n) is 4.87. The summed E-state index contributed by atoms with van der Waals surface area (Å²) < 4.78 is 36.5. The maximum absolute atomic E-state index is 14.2. The highest BCUT2D eigenvalue weighted by atomic mass is 32.1. The van der Waals surface area contributed by atoms with Gasteiger partial charge in [-0.2, -0.15) is 4.37 Å². The van der Waals surface area contributed by atoms with Crippen molar-refractivity contribution < 1.29 is 32.7 Å². The van der Waals surface area contributed by atoms with Gasteiger partial charge in [-0.3, -0.25) is 24.1 Å². The zero-order chi connectivity index (χ0) is 26.4. The van der Waals surface area contributed by atoms with Crippen molar-refractivity contribution >= 4 is 46.6 Å². The third-order valence-corrected chi connectivity index (χ3v) is 5.72. The predicted molar refractivity (Wildman–Crippen MR) is 127 cm³/mol. The molecule has 10 nitrogen and oxygen atoms in total. The molecule has 3 aromatic rings. The molecule has 2 aromatic carbocycles. The van der Waals surface area contributed by atoms with E-state index in [1.807, 2.05) is 0 Å². The number of hydrogen-bond donors (Lipinski definition) is 3. The fourth-order valence-electron chi connectivity index (χ4n) is 3.28. The molecule has 0 unspecified atom stereocenters. The summed E-state index contributed by atoms with van der Waals surface area (Å²) in [4.78, 5) is 51.2. The Labute approximate surface area is 208 Å². The molecule has 0 bridgehead atoms. The Hall–Kier alpha value is -4.39. The first kappa shape index (κ1) is 26.2. The minimum atomic E-state index is -1.52. The lowest BCUT2D eigenvalue weighted by Crippen LogP contribution is -2.45. The van der Waals surface area contributed by atoms with Gasteiger partial charge in [0.1, 0.15) is 29.1 Å². The van der Waals surface area contributed by atoms with E-state index in [1.54, 1.807) is 6.92 Å². The Morgan fingerprint density at radius 2 is 1.81 bits per heavy atom. The van der Waals surface area contributed by atoms with E-state index in [0.717, 1.165) is 29.2 Å². The van der Waals surface area contributed by atoms with E-state index in [4.69, 9.17) is 16.2 Å². The molecule has 0 aliphatic rings. The number of esters is 1. The van der Waals surface area contributed by atoms with E-state index < -0.39 is 47.9 Å². The molecule has 0 saturated carbocycles. The van der Waals surface area contributed by atoms with Gasteiger partial charge < -0.3 is 21.5 Å². The van der Waals surface area contributed by atoms with Gasteiger partial charge >= 0.3 is 5.97 Å². The summed E-state index contributed by atoms with van der Waals surface area (Å²) in [6.45, 7) is 1.14. The topological polar surface area (TPSA) is 158 Å². The van der Waals surface area contributed by atoms with E-state index in [-0.39, 0.29) is 34.1 Å². The number of amides is 3. The van der Waals surface area contributed by atoms with Crippen LogP contribution in [-0.2, 0) is 14.3 Å². The van der Waals surface area contributed by atoms with Crippen LogP contribution in [-0.4, -0.2) is 41.2 Å². The number of aromatic nitrogens is 1. The molecule has 3 rings (SSSR count). The summed E-state index contributed by atoms with van der Waals surface area (Å²) in [5.74, 6) is -4.79. The second kappa shape index (κ2) is 11.4. The molecule has 36 heavy (non-hydrogen) atoms. The summed E-state index contributed by atoms with van der Waals surface area (Å²) in [6.07, 6.45) is 0. The van der Waals surface area contributed by atoms with Gasteiger partial charge in [0, 0.05) is 5.69 Å². The molecule has 0 saturated heterocycles. The van der Waals surface area contributed by atoms with E-state index in [9.17, 15) is 28.0 Å². The summed E-state index contributed by atoms with van der Waals surface area (Å²) in [5, 5.41) is 2.38. The zero-order valence-corrected chi connectivity index (χ0v) is 19.7. The van der Waals surface area contributed by atoms with Crippen LogP contribution in [0.15, 0.2) is 48.5 Å². The number of halogens is 2. The lowest BCUT2D eigenvalue weighted by atomic mass is 10.0. The summed E-state index contributed by atoms with van der Waals surface area (Å²) >= 11 is 0.565. The van der Waals surface area contributed by atoms with Crippen molar-refractivity contribution in [1.29, 1.82) is 0 Å². The van der Waals surface area contributed by atoms with Crippen molar-refractivity contribution in [2.45, 2.75) is 13.0 Å². The molecule has 13 heteroatoms. The quantitative estimate of drug-likeness (QED) is 0.367. The zero-order valence-electron chi connectivity index (χ0n) is 18.9. The summed E-state index contributed by atoms with van der Waals surface area (Å²) in [7, 11) is 0. The van der Waals surface area contributed by atoms with E-state index >= 15 is 0 Å². The van der Waals surface area contributed by atoms with Crippen molar-refractivity contribution in [3.05, 3.63) is 76.3 Å².